The summed E-state index contributed by atoms with van der Waals surface area (Å²) >= 11 is 6.29. The van der Waals surface area contributed by atoms with E-state index in [4.69, 9.17) is 11.6 Å². The van der Waals surface area contributed by atoms with E-state index in [2.05, 4.69) is 20.6 Å². The summed E-state index contributed by atoms with van der Waals surface area (Å²) in [6, 6.07) is 12.9. The number of anilines is 3. The van der Waals surface area contributed by atoms with Crippen molar-refractivity contribution in [1.29, 1.82) is 0 Å². The number of nitrogens with zero attached hydrogens (tertiary/aromatic N) is 2. The van der Waals surface area contributed by atoms with Crippen molar-refractivity contribution in [2.45, 2.75) is 27.7 Å². The second-order valence-corrected chi connectivity index (χ2v) is 6.98. The van der Waals surface area contributed by atoms with Crippen LogP contribution in [0.2, 0.25) is 5.02 Å². The van der Waals surface area contributed by atoms with E-state index in [-0.39, 0.29) is 5.91 Å². The maximum absolute atomic E-state index is 12.7. The molecule has 138 valence electrons. The molecule has 0 atom stereocenters. The van der Waals surface area contributed by atoms with Crippen molar-refractivity contribution in [1.82, 2.24) is 9.97 Å². The molecule has 27 heavy (non-hydrogen) atoms. The number of halogens is 1. The molecule has 2 aromatic carbocycles. The summed E-state index contributed by atoms with van der Waals surface area (Å²) in [6.07, 6.45) is 0. The lowest BCUT2D eigenvalue weighted by molar-refractivity contribution is 0.102. The molecule has 0 unspecified atom stereocenters. The van der Waals surface area contributed by atoms with E-state index in [9.17, 15) is 4.79 Å². The number of benzene rings is 2. The molecule has 0 aliphatic heterocycles. The molecule has 0 bridgehead atoms. The first-order valence-corrected chi connectivity index (χ1v) is 8.97. The van der Waals surface area contributed by atoms with Crippen LogP contribution in [0.15, 0.2) is 42.5 Å². The van der Waals surface area contributed by atoms with Gasteiger partial charge in [-0.1, -0.05) is 23.7 Å². The van der Waals surface area contributed by atoms with Crippen LogP contribution in [0.5, 0.6) is 0 Å². The van der Waals surface area contributed by atoms with Crippen LogP contribution in [0.3, 0.4) is 0 Å². The van der Waals surface area contributed by atoms with Crippen LogP contribution in [0, 0.1) is 27.7 Å². The average Bonchev–Trinajstić information content (AvgIpc) is 2.57. The largest absolute Gasteiger partial charge is 0.324 e. The molecule has 3 aromatic rings. The summed E-state index contributed by atoms with van der Waals surface area (Å²) in [5, 5.41) is 6.57. The lowest BCUT2D eigenvalue weighted by Crippen LogP contribution is -2.13. The van der Waals surface area contributed by atoms with Crippen molar-refractivity contribution in [2.75, 3.05) is 10.6 Å². The van der Waals surface area contributed by atoms with Crippen LogP contribution < -0.4 is 10.6 Å². The molecule has 6 heteroatoms. The second kappa shape index (κ2) is 7.76. The molecule has 3 rings (SSSR count). The van der Waals surface area contributed by atoms with E-state index in [0.717, 1.165) is 28.2 Å². The number of hydrogen-bond donors (Lipinski definition) is 2. The number of amides is 1. The Bertz CT molecular complexity index is 974. The summed E-state index contributed by atoms with van der Waals surface area (Å²) in [7, 11) is 0. The highest BCUT2D eigenvalue weighted by molar-refractivity contribution is 6.34. The number of rotatable bonds is 4. The molecule has 1 aromatic heterocycles. The van der Waals surface area contributed by atoms with E-state index in [1.54, 1.807) is 12.1 Å². The number of nitrogens with one attached hydrogen (secondary N) is 2. The Kier molecular flexibility index (Phi) is 5.42. The molecule has 5 nitrogen and oxygen atoms in total. The molecule has 0 spiro atoms. The third kappa shape index (κ3) is 4.63. The van der Waals surface area contributed by atoms with Crippen LogP contribution >= 0.6 is 11.6 Å². The van der Waals surface area contributed by atoms with Gasteiger partial charge in [-0.25, -0.2) is 9.97 Å². The Morgan fingerprint density at radius 2 is 1.67 bits per heavy atom. The fourth-order valence-electron chi connectivity index (χ4n) is 2.91. The van der Waals surface area contributed by atoms with Gasteiger partial charge in [-0.15, -0.1) is 0 Å². The maximum atomic E-state index is 12.7. The van der Waals surface area contributed by atoms with Gasteiger partial charge < -0.3 is 10.6 Å². The summed E-state index contributed by atoms with van der Waals surface area (Å²) < 4.78 is 0. The standard InChI is InChI=1S/C21H21ClN4O/c1-12-8-13(2)19(18(22)9-12)26-20(27)16-6-5-7-17(11-16)25-21-23-14(3)10-15(4)24-21/h5-11H,1-4H3,(H,26,27)(H,23,24,25). The minimum atomic E-state index is -0.228. The van der Waals surface area contributed by atoms with Gasteiger partial charge in [-0.05, 0) is 69.2 Å². The smallest absolute Gasteiger partial charge is 0.255 e. The van der Waals surface area contributed by atoms with Crippen molar-refractivity contribution in [3.8, 4) is 0 Å². The van der Waals surface area contributed by atoms with Crippen molar-refractivity contribution >= 4 is 34.8 Å². The van der Waals surface area contributed by atoms with Gasteiger partial charge >= 0.3 is 0 Å². The zero-order valence-electron chi connectivity index (χ0n) is 15.7. The minimum Gasteiger partial charge on any atom is -0.324 e. The fourth-order valence-corrected chi connectivity index (χ4v) is 3.28. The van der Waals surface area contributed by atoms with E-state index in [0.29, 0.717) is 22.2 Å². The van der Waals surface area contributed by atoms with Gasteiger partial charge in [0.1, 0.15) is 0 Å². The topological polar surface area (TPSA) is 66.9 Å². The molecule has 0 radical (unpaired) electrons. The highest BCUT2D eigenvalue weighted by Crippen LogP contribution is 2.28. The zero-order valence-corrected chi connectivity index (χ0v) is 16.5. The number of carbonyl (C=O) groups is 1. The Balaban J connectivity index is 1.82. The lowest BCUT2D eigenvalue weighted by atomic mass is 10.1. The molecule has 0 aliphatic rings. The molecule has 1 heterocycles. The fraction of sp³-hybridized carbons (Fsp3) is 0.190. The summed E-state index contributed by atoms with van der Waals surface area (Å²) in [4.78, 5) is 21.4. The third-order valence-corrected chi connectivity index (χ3v) is 4.33. The number of hydrogen-bond acceptors (Lipinski definition) is 4. The first kappa shape index (κ1) is 18.9. The van der Waals surface area contributed by atoms with Crippen LogP contribution in [0.4, 0.5) is 17.3 Å². The molecular formula is C21H21ClN4O. The van der Waals surface area contributed by atoms with Crippen molar-refractivity contribution in [2.24, 2.45) is 0 Å². The Morgan fingerprint density at radius 3 is 2.33 bits per heavy atom. The van der Waals surface area contributed by atoms with Crippen molar-refractivity contribution < 1.29 is 4.79 Å². The zero-order chi connectivity index (χ0) is 19.6. The molecule has 0 saturated carbocycles. The van der Waals surface area contributed by atoms with Crippen molar-refractivity contribution in [3.63, 3.8) is 0 Å². The van der Waals surface area contributed by atoms with E-state index >= 15 is 0 Å². The van der Waals surface area contributed by atoms with E-state index < -0.39 is 0 Å². The average molecular weight is 381 g/mol. The van der Waals surface area contributed by atoms with Crippen molar-refractivity contribution in [3.05, 3.63) is 75.6 Å². The lowest BCUT2D eigenvalue weighted by Gasteiger charge is -2.12. The van der Waals surface area contributed by atoms with Gasteiger partial charge in [0.05, 0.1) is 10.7 Å². The number of carbonyl (C=O) groups excluding carboxylic acids is 1. The summed E-state index contributed by atoms with van der Waals surface area (Å²) in [6.45, 7) is 7.72. The van der Waals surface area contributed by atoms with Gasteiger partial charge in [-0.3, -0.25) is 4.79 Å². The molecule has 2 N–H and O–H groups in total. The molecule has 0 aliphatic carbocycles. The van der Waals surface area contributed by atoms with Crippen LogP contribution in [0.1, 0.15) is 32.9 Å². The predicted octanol–water partition coefficient (Wildman–Crippen LogP) is 5.36. The van der Waals surface area contributed by atoms with E-state index in [1.165, 1.54) is 0 Å². The monoisotopic (exact) mass is 380 g/mol. The molecule has 0 fully saturated rings. The van der Waals surface area contributed by atoms with Gasteiger partial charge in [0.15, 0.2) is 0 Å². The van der Waals surface area contributed by atoms with Gasteiger partial charge in [-0.2, -0.15) is 0 Å². The predicted molar refractivity (Wildman–Crippen MR) is 110 cm³/mol. The number of aromatic nitrogens is 2. The Hall–Kier alpha value is -2.92. The Labute approximate surface area is 163 Å². The van der Waals surface area contributed by atoms with Gasteiger partial charge in [0, 0.05) is 22.6 Å². The highest BCUT2D eigenvalue weighted by atomic mass is 35.5. The number of aryl methyl sites for hydroxylation is 4. The second-order valence-electron chi connectivity index (χ2n) is 6.57. The van der Waals surface area contributed by atoms with Gasteiger partial charge in [0.25, 0.3) is 5.91 Å². The third-order valence-electron chi connectivity index (χ3n) is 4.03. The normalized spacial score (nSPS) is 10.6. The summed E-state index contributed by atoms with van der Waals surface area (Å²) in [5.41, 5.74) is 5.61. The SMILES string of the molecule is Cc1cc(C)c(NC(=O)c2cccc(Nc3nc(C)cc(C)n3)c2)c(Cl)c1. The minimum absolute atomic E-state index is 0.228. The molecule has 0 saturated heterocycles. The van der Waals surface area contributed by atoms with Gasteiger partial charge in [0.2, 0.25) is 5.95 Å². The Morgan fingerprint density at radius 1 is 0.963 bits per heavy atom. The van der Waals surface area contributed by atoms with Crippen LogP contribution in [0.25, 0.3) is 0 Å². The molecule has 1 amide bonds. The first-order chi connectivity index (χ1) is 12.8. The van der Waals surface area contributed by atoms with Crippen LogP contribution in [-0.2, 0) is 0 Å². The summed E-state index contributed by atoms with van der Waals surface area (Å²) in [5.74, 6) is 0.274. The first-order valence-electron chi connectivity index (χ1n) is 8.59. The molecular weight excluding hydrogens is 360 g/mol. The maximum Gasteiger partial charge on any atom is 0.255 e. The highest BCUT2D eigenvalue weighted by Gasteiger charge is 2.12. The van der Waals surface area contributed by atoms with E-state index in [1.807, 2.05) is 58.0 Å². The quantitative estimate of drug-likeness (QED) is 0.639. The van der Waals surface area contributed by atoms with Crippen LogP contribution in [-0.4, -0.2) is 15.9 Å².